The lowest BCUT2D eigenvalue weighted by Gasteiger charge is -2.09. The maximum absolute atomic E-state index is 11.8. The molecule has 0 unspecified atom stereocenters. The number of benzene rings is 2. The molecule has 1 N–H and O–H groups in total. The van der Waals surface area contributed by atoms with Crippen LogP contribution in [-0.4, -0.2) is 30.5 Å². The van der Waals surface area contributed by atoms with Crippen molar-refractivity contribution in [3.05, 3.63) is 75.8 Å². The number of hydrogen-bond acceptors (Lipinski definition) is 6. The molecule has 0 aliphatic rings. The number of nitro groups is 1. The van der Waals surface area contributed by atoms with Crippen LogP contribution < -0.4 is 10.1 Å². The fourth-order valence-corrected chi connectivity index (χ4v) is 2.23. The molecule has 0 atom stereocenters. The van der Waals surface area contributed by atoms with Gasteiger partial charge in [-0.1, -0.05) is 30.3 Å². The maximum Gasteiger partial charge on any atom is 0.331 e. The van der Waals surface area contributed by atoms with Crippen LogP contribution in [0.1, 0.15) is 11.1 Å². The van der Waals surface area contributed by atoms with Crippen molar-refractivity contribution in [3.63, 3.8) is 0 Å². The Morgan fingerprint density at radius 1 is 1.15 bits per heavy atom. The van der Waals surface area contributed by atoms with Crippen LogP contribution >= 0.6 is 0 Å². The van der Waals surface area contributed by atoms with E-state index in [1.165, 1.54) is 31.4 Å². The molecule has 0 aliphatic carbocycles. The summed E-state index contributed by atoms with van der Waals surface area (Å²) in [4.78, 5) is 33.9. The summed E-state index contributed by atoms with van der Waals surface area (Å²) in [5.74, 6) is -0.615. The van der Waals surface area contributed by atoms with Gasteiger partial charge < -0.3 is 14.8 Å². The van der Waals surface area contributed by atoms with E-state index in [1.54, 1.807) is 18.2 Å². The molecule has 2 rings (SSSR count). The second kappa shape index (κ2) is 9.71. The molecule has 0 aromatic heterocycles. The third kappa shape index (κ3) is 5.96. The molecule has 0 spiro atoms. The number of para-hydroxylation sites is 2. The van der Waals surface area contributed by atoms with Gasteiger partial charge in [0.1, 0.15) is 5.75 Å². The summed E-state index contributed by atoms with van der Waals surface area (Å²) >= 11 is 0. The van der Waals surface area contributed by atoms with Crippen molar-refractivity contribution in [2.75, 3.05) is 13.7 Å². The number of amides is 1. The quantitative estimate of drug-likeness (QED) is 0.331. The second-order valence-corrected chi connectivity index (χ2v) is 5.35. The van der Waals surface area contributed by atoms with E-state index in [0.29, 0.717) is 5.75 Å². The van der Waals surface area contributed by atoms with E-state index in [2.05, 4.69) is 5.32 Å². The van der Waals surface area contributed by atoms with Crippen LogP contribution in [0.5, 0.6) is 5.75 Å². The third-order valence-corrected chi connectivity index (χ3v) is 3.55. The summed E-state index contributed by atoms with van der Waals surface area (Å²) in [6, 6.07) is 13.2. The van der Waals surface area contributed by atoms with Gasteiger partial charge in [-0.05, 0) is 18.2 Å². The van der Waals surface area contributed by atoms with Crippen molar-refractivity contribution in [2.45, 2.75) is 6.54 Å². The Kier molecular flexibility index (Phi) is 7.07. The van der Waals surface area contributed by atoms with Gasteiger partial charge >= 0.3 is 5.97 Å². The number of nitrogens with one attached hydrogen (secondary N) is 1. The van der Waals surface area contributed by atoms with Crippen LogP contribution in [0.4, 0.5) is 5.69 Å². The number of hydrogen-bond donors (Lipinski definition) is 1. The van der Waals surface area contributed by atoms with Gasteiger partial charge in [-0.25, -0.2) is 4.79 Å². The molecule has 0 fully saturated rings. The van der Waals surface area contributed by atoms with E-state index in [-0.39, 0.29) is 17.8 Å². The Bertz CT molecular complexity index is 863. The van der Waals surface area contributed by atoms with Crippen molar-refractivity contribution < 1.29 is 24.0 Å². The van der Waals surface area contributed by atoms with Gasteiger partial charge in [0.25, 0.3) is 11.6 Å². The summed E-state index contributed by atoms with van der Waals surface area (Å²) in [6.07, 6.45) is 2.31. The molecule has 2 aromatic rings. The van der Waals surface area contributed by atoms with E-state index in [9.17, 15) is 19.7 Å². The molecular formula is C19H18N2O6. The first-order valence-electron chi connectivity index (χ1n) is 7.98. The number of carbonyl (C=O) groups excluding carboxylic acids is 2. The van der Waals surface area contributed by atoms with Crippen LogP contribution in [-0.2, 0) is 20.9 Å². The third-order valence-electron chi connectivity index (χ3n) is 3.55. The number of methoxy groups -OCH3 is 1. The first kappa shape index (κ1) is 19.6. The number of carbonyl (C=O) groups is 2. The number of ether oxygens (including phenoxy) is 2. The van der Waals surface area contributed by atoms with Crippen LogP contribution in [0.15, 0.2) is 54.6 Å². The van der Waals surface area contributed by atoms with Crippen LogP contribution in [0.3, 0.4) is 0 Å². The smallest absolute Gasteiger partial charge is 0.331 e. The second-order valence-electron chi connectivity index (χ2n) is 5.35. The number of rotatable bonds is 8. The predicted octanol–water partition coefficient (Wildman–Crippen LogP) is 2.48. The zero-order valence-corrected chi connectivity index (χ0v) is 14.6. The minimum absolute atomic E-state index is 0.129. The maximum atomic E-state index is 11.8. The Balaban J connectivity index is 1.83. The molecule has 0 aliphatic heterocycles. The van der Waals surface area contributed by atoms with E-state index in [1.807, 2.05) is 12.1 Å². The average molecular weight is 370 g/mol. The number of esters is 1. The average Bonchev–Trinajstić information content (AvgIpc) is 2.69. The normalized spacial score (nSPS) is 10.4. The summed E-state index contributed by atoms with van der Waals surface area (Å²) in [5.41, 5.74) is 0.923. The standard InChI is InChI=1S/C19H18N2O6/c1-26-17-9-5-3-7-15(17)12-20-18(22)13-27-19(23)11-10-14-6-2-4-8-16(14)21(24)25/h2-11H,12-13H2,1H3,(H,20,22)/b11-10+. The lowest BCUT2D eigenvalue weighted by molar-refractivity contribution is -0.385. The van der Waals surface area contributed by atoms with Crippen molar-refractivity contribution in [3.8, 4) is 5.75 Å². The lowest BCUT2D eigenvalue weighted by atomic mass is 10.1. The van der Waals surface area contributed by atoms with Crippen LogP contribution in [0.2, 0.25) is 0 Å². The van der Waals surface area contributed by atoms with Gasteiger partial charge in [0.15, 0.2) is 6.61 Å². The van der Waals surface area contributed by atoms with E-state index >= 15 is 0 Å². The Morgan fingerprint density at radius 2 is 1.85 bits per heavy atom. The molecule has 2 aromatic carbocycles. The van der Waals surface area contributed by atoms with Gasteiger partial charge in [0.2, 0.25) is 0 Å². The van der Waals surface area contributed by atoms with Crippen molar-refractivity contribution in [1.29, 1.82) is 0 Å². The number of nitrogens with zero attached hydrogens (tertiary/aromatic N) is 1. The Labute approximate surface area is 155 Å². The van der Waals surface area contributed by atoms with Crippen molar-refractivity contribution in [1.82, 2.24) is 5.32 Å². The van der Waals surface area contributed by atoms with Gasteiger partial charge in [0, 0.05) is 24.3 Å². The predicted molar refractivity (Wildman–Crippen MR) is 97.9 cm³/mol. The van der Waals surface area contributed by atoms with Crippen molar-refractivity contribution in [2.24, 2.45) is 0 Å². The highest BCUT2D eigenvalue weighted by molar-refractivity contribution is 5.89. The monoisotopic (exact) mass is 370 g/mol. The van der Waals surface area contributed by atoms with E-state index in [4.69, 9.17) is 9.47 Å². The van der Waals surface area contributed by atoms with Gasteiger partial charge in [-0.2, -0.15) is 0 Å². The number of nitro benzene ring substituents is 1. The molecule has 0 heterocycles. The molecular weight excluding hydrogens is 352 g/mol. The molecule has 27 heavy (non-hydrogen) atoms. The molecule has 1 amide bonds. The molecule has 0 bridgehead atoms. The topological polar surface area (TPSA) is 108 Å². The fraction of sp³-hybridized carbons (Fsp3) is 0.158. The first-order chi connectivity index (χ1) is 13.0. The zero-order chi connectivity index (χ0) is 19.6. The molecule has 140 valence electrons. The van der Waals surface area contributed by atoms with E-state index < -0.39 is 23.4 Å². The Hall–Kier alpha value is -3.68. The van der Waals surface area contributed by atoms with Gasteiger partial charge in [0.05, 0.1) is 17.6 Å². The highest BCUT2D eigenvalue weighted by Crippen LogP contribution is 2.19. The summed E-state index contributed by atoms with van der Waals surface area (Å²) < 4.78 is 10.0. The van der Waals surface area contributed by atoms with E-state index in [0.717, 1.165) is 11.6 Å². The highest BCUT2D eigenvalue weighted by atomic mass is 16.6. The van der Waals surface area contributed by atoms with Crippen LogP contribution in [0.25, 0.3) is 6.08 Å². The highest BCUT2D eigenvalue weighted by Gasteiger charge is 2.11. The molecule has 0 radical (unpaired) electrons. The van der Waals surface area contributed by atoms with Crippen molar-refractivity contribution >= 4 is 23.6 Å². The largest absolute Gasteiger partial charge is 0.496 e. The first-order valence-corrected chi connectivity index (χ1v) is 7.98. The van der Waals surface area contributed by atoms with Gasteiger partial charge in [-0.15, -0.1) is 0 Å². The zero-order valence-electron chi connectivity index (χ0n) is 14.6. The minimum atomic E-state index is -0.777. The van der Waals surface area contributed by atoms with Gasteiger partial charge in [-0.3, -0.25) is 14.9 Å². The minimum Gasteiger partial charge on any atom is -0.496 e. The molecule has 8 nitrogen and oxygen atoms in total. The van der Waals surface area contributed by atoms with Crippen LogP contribution in [0, 0.1) is 10.1 Å². The summed E-state index contributed by atoms with van der Waals surface area (Å²) in [5, 5.41) is 13.5. The molecule has 0 saturated heterocycles. The Morgan fingerprint density at radius 3 is 2.59 bits per heavy atom. The fourth-order valence-electron chi connectivity index (χ4n) is 2.23. The molecule has 8 heteroatoms. The summed E-state index contributed by atoms with van der Waals surface area (Å²) in [7, 11) is 1.53. The molecule has 0 saturated carbocycles. The lowest BCUT2D eigenvalue weighted by Crippen LogP contribution is -2.28. The summed E-state index contributed by atoms with van der Waals surface area (Å²) in [6.45, 7) is -0.234. The SMILES string of the molecule is COc1ccccc1CNC(=O)COC(=O)/C=C/c1ccccc1[N+](=O)[O-].